The van der Waals surface area contributed by atoms with Gasteiger partial charge >= 0.3 is 0 Å². The zero-order valence-electron chi connectivity index (χ0n) is 4.74. The lowest BCUT2D eigenvalue weighted by molar-refractivity contribution is 0.263. The fraction of sp³-hybridized carbons (Fsp3) is 1.00. The van der Waals surface area contributed by atoms with Crippen LogP contribution in [0, 0.1) is 0 Å². The molecule has 1 rings (SSSR count). The monoisotopic (exact) mass is 180 g/mol. The summed E-state index contributed by atoms with van der Waals surface area (Å²) < 4.78 is 12.5. The lowest BCUT2D eigenvalue weighted by Crippen LogP contribution is -2.19. The Morgan fingerprint density at radius 3 is 2.25 bits per heavy atom. The molecule has 0 amide bonds. The Morgan fingerprint density at radius 2 is 1.88 bits per heavy atom. The fourth-order valence-corrected chi connectivity index (χ4v) is 1.63. The number of halogens is 2. The normalized spacial score (nSPS) is 39.8. The van der Waals surface area contributed by atoms with Crippen LogP contribution >= 0.6 is 15.9 Å². The maximum atomic E-state index is 12.5. The van der Waals surface area contributed by atoms with Gasteiger partial charge in [0.05, 0.1) is 0 Å². The highest BCUT2D eigenvalue weighted by molar-refractivity contribution is 9.09. The fourth-order valence-electron chi connectivity index (χ4n) is 1.04. The Hall–Kier alpha value is 0.410. The van der Waals surface area contributed by atoms with Crippen molar-refractivity contribution in [1.29, 1.82) is 0 Å². The van der Waals surface area contributed by atoms with Crippen LogP contribution in [0.1, 0.15) is 25.7 Å². The van der Waals surface area contributed by atoms with Crippen molar-refractivity contribution in [3.05, 3.63) is 0 Å². The van der Waals surface area contributed by atoms with Gasteiger partial charge in [0, 0.05) is 4.83 Å². The molecule has 0 N–H and O–H groups in total. The molecule has 2 atom stereocenters. The Morgan fingerprint density at radius 1 is 1.25 bits per heavy atom. The first kappa shape index (κ1) is 6.53. The molecule has 0 aromatic heterocycles. The van der Waals surface area contributed by atoms with Gasteiger partial charge in [-0.3, -0.25) is 0 Å². The summed E-state index contributed by atoms with van der Waals surface area (Å²) >= 11 is 3.28. The van der Waals surface area contributed by atoms with E-state index in [1.807, 2.05) is 0 Å². The summed E-state index contributed by atoms with van der Waals surface area (Å²) in [5.41, 5.74) is 0. The summed E-state index contributed by atoms with van der Waals surface area (Å²) in [5.74, 6) is 0. The first-order valence-electron chi connectivity index (χ1n) is 3.09. The molecule has 1 aliphatic carbocycles. The zero-order chi connectivity index (χ0) is 5.98. The molecule has 0 aliphatic heterocycles. The third-order valence-corrected chi connectivity index (χ3v) is 2.63. The van der Waals surface area contributed by atoms with Gasteiger partial charge in [-0.15, -0.1) is 0 Å². The topological polar surface area (TPSA) is 0 Å². The van der Waals surface area contributed by atoms with Gasteiger partial charge in [0.25, 0.3) is 0 Å². The second-order valence-electron chi connectivity index (χ2n) is 2.32. The molecule has 0 unspecified atom stereocenters. The van der Waals surface area contributed by atoms with Crippen LogP contribution in [0.3, 0.4) is 0 Å². The van der Waals surface area contributed by atoms with Crippen molar-refractivity contribution in [2.24, 2.45) is 0 Å². The van der Waals surface area contributed by atoms with Crippen molar-refractivity contribution < 1.29 is 4.39 Å². The molecular weight excluding hydrogens is 171 g/mol. The van der Waals surface area contributed by atoms with Crippen LogP contribution in [0.5, 0.6) is 0 Å². The minimum Gasteiger partial charge on any atom is -0.246 e. The Labute approximate surface area is 57.6 Å². The first-order chi connectivity index (χ1) is 3.80. The summed E-state index contributed by atoms with van der Waals surface area (Å²) in [6.07, 6.45) is 3.46. The molecule has 0 radical (unpaired) electrons. The van der Waals surface area contributed by atoms with Gasteiger partial charge in [-0.1, -0.05) is 28.8 Å². The lowest BCUT2D eigenvalue weighted by Gasteiger charge is -2.19. The molecule has 0 nitrogen and oxygen atoms in total. The Balaban J connectivity index is 2.28. The molecule has 1 fully saturated rings. The van der Waals surface area contributed by atoms with Gasteiger partial charge in [-0.05, 0) is 12.8 Å². The van der Waals surface area contributed by atoms with Crippen molar-refractivity contribution in [2.75, 3.05) is 0 Å². The van der Waals surface area contributed by atoms with Crippen LogP contribution in [-0.2, 0) is 0 Å². The molecular formula is C6H10BrF. The van der Waals surface area contributed by atoms with Crippen LogP contribution in [0.15, 0.2) is 0 Å². The van der Waals surface area contributed by atoms with Crippen molar-refractivity contribution in [1.82, 2.24) is 0 Å². The van der Waals surface area contributed by atoms with E-state index in [2.05, 4.69) is 15.9 Å². The van der Waals surface area contributed by atoms with Crippen molar-refractivity contribution in [3.63, 3.8) is 0 Å². The molecule has 48 valence electrons. The molecule has 0 bridgehead atoms. The summed E-state index contributed by atoms with van der Waals surface area (Å²) in [6.45, 7) is 0. The second-order valence-corrected chi connectivity index (χ2v) is 3.49. The van der Waals surface area contributed by atoms with Crippen LogP contribution in [0.4, 0.5) is 4.39 Å². The number of rotatable bonds is 0. The molecule has 0 aromatic carbocycles. The van der Waals surface area contributed by atoms with E-state index in [-0.39, 0.29) is 4.83 Å². The summed E-state index contributed by atoms with van der Waals surface area (Å²) in [7, 11) is 0. The Kier molecular flexibility index (Phi) is 2.29. The Bertz CT molecular complexity index is 64.9. The molecule has 0 saturated heterocycles. The summed E-state index contributed by atoms with van der Waals surface area (Å²) in [5, 5.41) is 0. The van der Waals surface area contributed by atoms with Crippen molar-refractivity contribution in [2.45, 2.75) is 36.7 Å². The number of alkyl halides is 2. The average molecular weight is 181 g/mol. The van der Waals surface area contributed by atoms with Gasteiger partial charge in [0.15, 0.2) is 0 Å². The smallest absolute Gasteiger partial charge is 0.113 e. The maximum absolute atomic E-state index is 12.5. The number of hydrogen-bond donors (Lipinski definition) is 0. The van der Waals surface area contributed by atoms with Crippen molar-refractivity contribution in [3.8, 4) is 0 Å². The largest absolute Gasteiger partial charge is 0.246 e. The first-order valence-corrected chi connectivity index (χ1v) is 4.00. The summed E-state index contributed by atoms with van der Waals surface area (Å²) in [6, 6.07) is 0. The van der Waals surface area contributed by atoms with Crippen LogP contribution in [0.25, 0.3) is 0 Å². The van der Waals surface area contributed by atoms with Gasteiger partial charge in [0.1, 0.15) is 6.17 Å². The van der Waals surface area contributed by atoms with Crippen LogP contribution in [0.2, 0.25) is 0 Å². The molecule has 0 heterocycles. The lowest BCUT2D eigenvalue weighted by atomic mass is 9.99. The van der Waals surface area contributed by atoms with E-state index in [1.54, 1.807) is 0 Å². The van der Waals surface area contributed by atoms with E-state index in [1.165, 1.54) is 6.42 Å². The van der Waals surface area contributed by atoms with Gasteiger partial charge in [0.2, 0.25) is 0 Å². The SMILES string of the molecule is F[C@@H]1CCCC[C@H]1Br. The van der Waals surface area contributed by atoms with E-state index in [0.29, 0.717) is 0 Å². The molecule has 1 saturated carbocycles. The highest BCUT2D eigenvalue weighted by Crippen LogP contribution is 2.26. The van der Waals surface area contributed by atoms with E-state index >= 15 is 0 Å². The predicted octanol–water partition coefficient (Wildman–Crippen LogP) is 2.66. The van der Waals surface area contributed by atoms with Crippen LogP contribution in [-0.4, -0.2) is 11.0 Å². The van der Waals surface area contributed by atoms with E-state index < -0.39 is 6.17 Å². The third kappa shape index (κ3) is 1.44. The molecule has 0 spiro atoms. The van der Waals surface area contributed by atoms with E-state index in [4.69, 9.17) is 0 Å². The second kappa shape index (κ2) is 2.81. The predicted molar refractivity (Wildman–Crippen MR) is 36.1 cm³/mol. The highest BCUT2D eigenvalue weighted by atomic mass is 79.9. The van der Waals surface area contributed by atoms with Crippen LogP contribution < -0.4 is 0 Å². The highest BCUT2D eigenvalue weighted by Gasteiger charge is 2.21. The standard InChI is InChI=1S/C6H10BrF/c7-5-3-1-2-4-6(5)8/h5-6H,1-4H2/t5-,6-/m1/s1. The zero-order valence-corrected chi connectivity index (χ0v) is 6.33. The van der Waals surface area contributed by atoms with Gasteiger partial charge < -0.3 is 0 Å². The molecule has 8 heavy (non-hydrogen) atoms. The van der Waals surface area contributed by atoms with E-state index in [9.17, 15) is 4.39 Å². The number of hydrogen-bond acceptors (Lipinski definition) is 0. The average Bonchev–Trinajstić information content (AvgIpc) is 1.77. The third-order valence-electron chi connectivity index (χ3n) is 1.60. The van der Waals surface area contributed by atoms with Crippen molar-refractivity contribution >= 4 is 15.9 Å². The minimum atomic E-state index is -0.580. The molecule has 2 heteroatoms. The minimum absolute atomic E-state index is 0.149. The quantitative estimate of drug-likeness (QED) is 0.504. The maximum Gasteiger partial charge on any atom is 0.113 e. The summed E-state index contributed by atoms with van der Waals surface area (Å²) in [4.78, 5) is 0.149. The van der Waals surface area contributed by atoms with Gasteiger partial charge in [-0.25, -0.2) is 4.39 Å². The molecule has 1 aliphatic rings. The van der Waals surface area contributed by atoms with E-state index in [0.717, 1.165) is 19.3 Å². The molecule has 0 aromatic rings. The van der Waals surface area contributed by atoms with Gasteiger partial charge in [-0.2, -0.15) is 0 Å².